The summed E-state index contributed by atoms with van der Waals surface area (Å²) in [4.78, 5) is 23.0. The van der Waals surface area contributed by atoms with Gasteiger partial charge in [-0.05, 0) is 37.8 Å². The number of piperidine rings is 1. The molecule has 0 aromatic carbocycles. The first-order valence-corrected chi connectivity index (χ1v) is 7.81. The van der Waals surface area contributed by atoms with Crippen LogP contribution in [0.25, 0.3) is 0 Å². The minimum absolute atomic E-state index is 0.129. The monoisotopic (exact) mass is 324 g/mol. The zero-order chi connectivity index (χ0) is 16.7. The normalized spacial score (nSPS) is 16.6. The molecule has 2 amide bonds. The number of aromatic nitrogens is 1. The van der Waals surface area contributed by atoms with Crippen LogP contribution in [0.1, 0.15) is 42.4 Å². The Balaban J connectivity index is 1.67. The third-order valence-electron chi connectivity index (χ3n) is 4.18. The topological polar surface area (TPSA) is 105 Å². The van der Waals surface area contributed by atoms with Crippen LogP contribution < -0.4 is 16.0 Å². The second kappa shape index (κ2) is 7.96. The van der Waals surface area contributed by atoms with Crippen molar-refractivity contribution in [2.24, 2.45) is 5.41 Å². The number of hydrogen-bond acceptors (Lipinski definition) is 6. The lowest BCUT2D eigenvalue weighted by Crippen LogP contribution is -2.36. The predicted octanol–water partition coefficient (Wildman–Crippen LogP) is 1.04. The van der Waals surface area contributed by atoms with Crippen LogP contribution in [0.2, 0.25) is 0 Å². The molecule has 0 radical (unpaired) electrons. The number of carbonyl (C=O) groups is 2. The van der Waals surface area contributed by atoms with Gasteiger partial charge in [-0.25, -0.2) is 4.79 Å². The molecule has 0 bridgehead atoms. The molecule has 2 heterocycles. The second-order valence-corrected chi connectivity index (χ2v) is 6.06. The van der Waals surface area contributed by atoms with Gasteiger partial charge in [0.05, 0.1) is 13.2 Å². The van der Waals surface area contributed by atoms with Gasteiger partial charge in [-0.3, -0.25) is 4.79 Å². The van der Waals surface area contributed by atoms with Gasteiger partial charge in [0.25, 0.3) is 5.91 Å². The first-order chi connectivity index (χ1) is 11.0. The van der Waals surface area contributed by atoms with E-state index >= 15 is 0 Å². The van der Waals surface area contributed by atoms with Gasteiger partial charge in [-0.15, -0.1) is 0 Å². The molecule has 23 heavy (non-hydrogen) atoms. The summed E-state index contributed by atoms with van der Waals surface area (Å²) in [6.45, 7) is 4.78. The predicted molar refractivity (Wildman–Crippen MR) is 82.9 cm³/mol. The van der Waals surface area contributed by atoms with Crippen LogP contribution >= 0.6 is 0 Å². The number of amides is 2. The van der Waals surface area contributed by atoms with Crippen molar-refractivity contribution in [3.05, 3.63) is 17.5 Å². The molecule has 3 N–H and O–H groups in total. The maximum Gasteiger partial charge on any atom is 0.407 e. The zero-order valence-electron chi connectivity index (χ0n) is 13.6. The highest BCUT2D eigenvalue weighted by Crippen LogP contribution is 2.31. The van der Waals surface area contributed by atoms with Gasteiger partial charge in [0.15, 0.2) is 11.5 Å². The standard InChI is InChI=1S/C15H24N4O4/c1-15(3-6-17-7-4-15)5-8-22-14(21)18-10-11-9-12(19-23-11)13(20)16-2/h9,17H,3-8,10H2,1-2H3,(H,16,20)(H,18,21). The maximum absolute atomic E-state index is 11.7. The van der Waals surface area contributed by atoms with E-state index in [1.807, 2.05) is 0 Å². The van der Waals surface area contributed by atoms with E-state index in [0.29, 0.717) is 12.4 Å². The molecule has 1 aromatic heterocycles. The quantitative estimate of drug-likeness (QED) is 0.722. The Morgan fingerprint density at radius 2 is 2.17 bits per heavy atom. The molecule has 1 aliphatic rings. The molecule has 2 rings (SSSR count). The molecule has 0 aliphatic carbocycles. The Hall–Kier alpha value is -2.09. The summed E-state index contributed by atoms with van der Waals surface area (Å²) in [5.74, 6) is 0.0589. The highest BCUT2D eigenvalue weighted by Gasteiger charge is 2.26. The van der Waals surface area contributed by atoms with Gasteiger partial charge in [-0.2, -0.15) is 0 Å². The fourth-order valence-corrected chi connectivity index (χ4v) is 2.51. The molecule has 0 saturated carbocycles. The van der Waals surface area contributed by atoms with Crippen molar-refractivity contribution in [1.82, 2.24) is 21.1 Å². The maximum atomic E-state index is 11.7. The van der Waals surface area contributed by atoms with E-state index in [2.05, 4.69) is 28.0 Å². The lowest BCUT2D eigenvalue weighted by Gasteiger charge is -2.33. The largest absolute Gasteiger partial charge is 0.450 e. The molecule has 1 saturated heterocycles. The Labute approximate surface area is 135 Å². The number of ether oxygens (including phenoxy) is 1. The molecule has 8 heteroatoms. The SMILES string of the molecule is CNC(=O)c1cc(CNC(=O)OCCC2(C)CCNCC2)on1. The summed E-state index contributed by atoms with van der Waals surface area (Å²) in [5, 5.41) is 12.0. The summed E-state index contributed by atoms with van der Waals surface area (Å²) in [6, 6.07) is 1.48. The van der Waals surface area contributed by atoms with Crippen LogP contribution in [-0.4, -0.2) is 43.9 Å². The minimum Gasteiger partial charge on any atom is -0.450 e. The van der Waals surface area contributed by atoms with E-state index in [9.17, 15) is 9.59 Å². The van der Waals surface area contributed by atoms with Crippen molar-refractivity contribution >= 4 is 12.0 Å². The summed E-state index contributed by atoms with van der Waals surface area (Å²) in [5.41, 5.74) is 0.412. The Bertz CT molecular complexity index is 537. The Kier molecular flexibility index (Phi) is 5.97. The summed E-state index contributed by atoms with van der Waals surface area (Å²) < 4.78 is 10.2. The van der Waals surface area contributed by atoms with E-state index in [1.54, 1.807) is 0 Å². The van der Waals surface area contributed by atoms with Crippen LogP contribution in [0.5, 0.6) is 0 Å². The van der Waals surface area contributed by atoms with Gasteiger partial charge in [-0.1, -0.05) is 12.1 Å². The average molecular weight is 324 g/mol. The van der Waals surface area contributed by atoms with Gasteiger partial charge in [0.2, 0.25) is 0 Å². The smallest absolute Gasteiger partial charge is 0.407 e. The number of nitrogens with one attached hydrogen (secondary N) is 3. The summed E-state index contributed by atoms with van der Waals surface area (Å²) >= 11 is 0. The van der Waals surface area contributed by atoms with E-state index in [0.717, 1.165) is 32.4 Å². The van der Waals surface area contributed by atoms with Crippen molar-refractivity contribution in [3.8, 4) is 0 Å². The van der Waals surface area contributed by atoms with Crippen LogP contribution in [0, 0.1) is 5.41 Å². The molecule has 1 fully saturated rings. The molecule has 1 aromatic rings. The summed E-state index contributed by atoms with van der Waals surface area (Å²) in [6.07, 6.45) is 2.54. The highest BCUT2D eigenvalue weighted by molar-refractivity contribution is 5.91. The van der Waals surface area contributed by atoms with Crippen molar-refractivity contribution in [2.75, 3.05) is 26.7 Å². The van der Waals surface area contributed by atoms with Crippen LogP contribution in [0.3, 0.4) is 0 Å². The molecule has 0 unspecified atom stereocenters. The van der Waals surface area contributed by atoms with Gasteiger partial charge in [0.1, 0.15) is 0 Å². The number of rotatable bonds is 6. The van der Waals surface area contributed by atoms with Crippen molar-refractivity contribution < 1.29 is 18.8 Å². The number of carbonyl (C=O) groups excluding carboxylic acids is 2. The first kappa shape index (κ1) is 17.3. The highest BCUT2D eigenvalue weighted by atomic mass is 16.5. The average Bonchev–Trinajstić information content (AvgIpc) is 3.01. The lowest BCUT2D eigenvalue weighted by molar-refractivity contribution is 0.0953. The molecule has 0 spiro atoms. The van der Waals surface area contributed by atoms with Gasteiger partial charge < -0.3 is 25.2 Å². The molecule has 0 atom stereocenters. The fraction of sp³-hybridized carbons (Fsp3) is 0.667. The summed E-state index contributed by atoms with van der Waals surface area (Å²) in [7, 11) is 1.51. The van der Waals surface area contributed by atoms with Gasteiger partial charge >= 0.3 is 6.09 Å². The number of alkyl carbamates (subject to hydrolysis) is 1. The first-order valence-electron chi connectivity index (χ1n) is 7.81. The molecule has 128 valence electrons. The van der Waals surface area contributed by atoms with Gasteiger partial charge in [0, 0.05) is 13.1 Å². The third kappa shape index (κ3) is 5.24. The zero-order valence-corrected chi connectivity index (χ0v) is 13.6. The molecule has 1 aliphatic heterocycles. The molecule has 8 nitrogen and oxygen atoms in total. The van der Waals surface area contributed by atoms with Crippen molar-refractivity contribution in [1.29, 1.82) is 0 Å². The number of hydrogen-bond donors (Lipinski definition) is 3. The minimum atomic E-state index is -0.500. The van der Waals surface area contributed by atoms with Crippen molar-refractivity contribution in [3.63, 3.8) is 0 Å². The number of nitrogens with zero attached hydrogens (tertiary/aromatic N) is 1. The van der Waals surface area contributed by atoms with Crippen LogP contribution in [0.4, 0.5) is 4.79 Å². The van der Waals surface area contributed by atoms with E-state index < -0.39 is 6.09 Å². The molecular formula is C15H24N4O4. The Morgan fingerprint density at radius 3 is 2.87 bits per heavy atom. The second-order valence-electron chi connectivity index (χ2n) is 6.06. The Morgan fingerprint density at radius 1 is 1.43 bits per heavy atom. The van der Waals surface area contributed by atoms with Crippen molar-refractivity contribution in [2.45, 2.75) is 32.7 Å². The van der Waals surface area contributed by atoms with E-state index in [1.165, 1.54) is 13.1 Å². The molecular weight excluding hydrogens is 300 g/mol. The van der Waals surface area contributed by atoms with Crippen LogP contribution in [-0.2, 0) is 11.3 Å². The van der Waals surface area contributed by atoms with Crippen LogP contribution in [0.15, 0.2) is 10.6 Å². The van der Waals surface area contributed by atoms with E-state index in [4.69, 9.17) is 9.26 Å². The fourth-order valence-electron chi connectivity index (χ4n) is 2.51. The van der Waals surface area contributed by atoms with E-state index in [-0.39, 0.29) is 23.6 Å². The lowest BCUT2D eigenvalue weighted by atomic mass is 9.78. The third-order valence-corrected chi connectivity index (χ3v) is 4.18.